The molecule has 122 valence electrons. The van der Waals surface area contributed by atoms with Crippen molar-refractivity contribution in [1.29, 1.82) is 0 Å². The molecule has 1 heterocycles. The number of para-hydroxylation sites is 1. The molecule has 0 aliphatic carbocycles. The van der Waals surface area contributed by atoms with Crippen LogP contribution in [0.5, 0.6) is 0 Å². The van der Waals surface area contributed by atoms with Gasteiger partial charge in [-0.15, -0.1) is 0 Å². The maximum absolute atomic E-state index is 9.13. The van der Waals surface area contributed by atoms with Gasteiger partial charge >= 0.3 is 0 Å². The van der Waals surface area contributed by atoms with Crippen molar-refractivity contribution in [2.45, 2.75) is 52.5 Å². The van der Waals surface area contributed by atoms with Gasteiger partial charge in [0.2, 0.25) is 6.34 Å². The van der Waals surface area contributed by atoms with Gasteiger partial charge < -0.3 is 5.11 Å². The van der Waals surface area contributed by atoms with E-state index in [1.165, 1.54) is 11.3 Å². The SMILES string of the molecule is CC(C)[C@H]1CN(c2ccccc2C(C)(C)C)C=[N+]1CCCO. The normalized spacial score (nSPS) is 19.0. The summed E-state index contributed by atoms with van der Waals surface area (Å²) < 4.78 is 2.40. The topological polar surface area (TPSA) is 26.5 Å². The third-order valence-corrected chi connectivity index (χ3v) is 4.46. The van der Waals surface area contributed by atoms with Crippen molar-refractivity contribution in [3.05, 3.63) is 29.8 Å². The molecular weight excluding hydrogens is 272 g/mol. The Morgan fingerprint density at radius 3 is 2.55 bits per heavy atom. The van der Waals surface area contributed by atoms with E-state index in [4.69, 9.17) is 5.11 Å². The zero-order chi connectivity index (χ0) is 16.3. The Morgan fingerprint density at radius 1 is 1.27 bits per heavy atom. The second-order valence-corrected chi connectivity index (χ2v) is 7.66. The van der Waals surface area contributed by atoms with Crippen molar-refractivity contribution in [2.75, 3.05) is 24.6 Å². The number of benzene rings is 1. The molecule has 0 saturated carbocycles. The molecule has 0 radical (unpaired) electrons. The number of nitrogens with zero attached hydrogens (tertiary/aromatic N) is 2. The van der Waals surface area contributed by atoms with E-state index in [2.05, 4.69) is 74.7 Å². The third kappa shape index (κ3) is 3.70. The molecule has 0 spiro atoms. The lowest BCUT2D eigenvalue weighted by atomic mass is 9.85. The maximum atomic E-state index is 9.13. The van der Waals surface area contributed by atoms with Crippen LogP contribution >= 0.6 is 0 Å². The Hall–Kier alpha value is -1.35. The number of hydrogen-bond acceptors (Lipinski definition) is 2. The summed E-state index contributed by atoms with van der Waals surface area (Å²) in [5.74, 6) is 0.599. The van der Waals surface area contributed by atoms with Gasteiger partial charge in [-0.25, -0.2) is 4.90 Å². The second kappa shape index (κ2) is 6.82. The van der Waals surface area contributed by atoms with Crippen LogP contribution < -0.4 is 4.90 Å². The number of hydrogen-bond donors (Lipinski definition) is 1. The van der Waals surface area contributed by atoms with Crippen molar-refractivity contribution in [3.8, 4) is 0 Å². The lowest BCUT2D eigenvalue weighted by Gasteiger charge is -2.23. The molecule has 0 amide bonds. The third-order valence-electron chi connectivity index (χ3n) is 4.46. The molecule has 1 aromatic carbocycles. The zero-order valence-electron chi connectivity index (χ0n) is 14.7. The summed E-state index contributed by atoms with van der Waals surface area (Å²) in [4.78, 5) is 2.39. The fraction of sp³-hybridized carbons (Fsp3) is 0.632. The highest BCUT2D eigenvalue weighted by Crippen LogP contribution is 2.33. The summed E-state index contributed by atoms with van der Waals surface area (Å²) in [7, 11) is 0. The highest BCUT2D eigenvalue weighted by atomic mass is 16.3. The van der Waals surface area contributed by atoms with E-state index in [0.717, 1.165) is 19.5 Å². The molecule has 1 aliphatic rings. The van der Waals surface area contributed by atoms with E-state index in [-0.39, 0.29) is 12.0 Å². The van der Waals surface area contributed by atoms with Crippen LogP contribution in [0.3, 0.4) is 0 Å². The molecule has 0 saturated heterocycles. The van der Waals surface area contributed by atoms with Gasteiger partial charge in [-0.2, -0.15) is 0 Å². The second-order valence-electron chi connectivity index (χ2n) is 7.66. The fourth-order valence-electron chi connectivity index (χ4n) is 3.21. The van der Waals surface area contributed by atoms with Gasteiger partial charge in [0.1, 0.15) is 18.3 Å². The van der Waals surface area contributed by atoms with Crippen molar-refractivity contribution in [3.63, 3.8) is 0 Å². The van der Waals surface area contributed by atoms with Crippen LogP contribution in [0.2, 0.25) is 0 Å². The first-order chi connectivity index (χ1) is 10.3. The van der Waals surface area contributed by atoms with E-state index in [0.29, 0.717) is 12.0 Å². The number of aliphatic hydroxyl groups excluding tert-OH is 1. The van der Waals surface area contributed by atoms with Crippen LogP contribution in [-0.2, 0) is 5.41 Å². The van der Waals surface area contributed by atoms with Crippen LogP contribution in [0, 0.1) is 5.92 Å². The molecule has 0 bridgehead atoms. The van der Waals surface area contributed by atoms with Crippen LogP contribution in [0.25, 0.3) is 0 Å². The van der Waals surface area contributed by atoms with E-state index in [9.17, 15) is 0 Å². The highest BCUT2D eigenvalue weighted by molar-refractivity contribution is 5.79. The van der Waals surface area contributed by atoms with E-state index < -0.39 is 0 Å². The number of aliphatic hydroxyl groups is 1. The molecule has 1 atom stereocenters. The minimum atomic E-state index is 0.135. The van der Waals surface area contributed by atoms with E-state index in [1.54, 1.807) is 0 Å². The first-order valence-corrected chi connectivity index (χ1v) is 8.42. The quantitative estimate of drug-likeness (QED) is 0.845. The first-order valence-electron chi connectivity index (χ1n) is 8.42. The average molecular weight is 303 g/mol. The summed E-state index contributed by atoms with van der Waals surface area (Å²) in [6.45, 7) is 13.6. The maximum Gasteiger partial charge on any atom is 0.239 e. The van der Waals surface area contributed by atoms with Crippen LogP contribution in [0.1, 0.15) is 46.6 Å². The summed E-state index contributed by atoms with van der Waals surface area (Å²) in [5.41, 5.74) is 2.83. The predicted octanol–water partition coefficient (Wildman–Crippen LogP) is 3.25. The van der Waals surface area contributed by atoms with Crippen LogP contribution in [-0.4, -0.2) is 41.8 Å². The predicted molar refractivity (Wildman–Crippen MR) is 94.0 cm³/mol. The van der Waals surface area contributed by atoms with Gasteiger partial charge in [-0.05, 0) is 17.4 Å². The van der Waals surface area contributed by atoms with Gasteiger partial charge in [0.25, 0.3) is 0 Å². The Bertz CT molecular complexity index is 528. The fourth-order valence-corrected chi connectivity index (χ4v) is 3.21. The molecule has 3 nitrogen and oxygen atoms in total. The molecule has 0 unspecified atom stereocenters. The largest absolute Gasteiger partial charge is 0.396 e. The van der Waals surface area contributed by atoms with Gasteiger partial charge in [0.05, 0.1) is 6.54 Å². The van der Waals surface area contributed by atoms with Gasteiger partial charge in [-0.3, -0.25) is 4.58 Å². The van der Waals surface area contributed by atoms with E-state index in [1.807, 2.05) is 0 Å². The summed E-state index contributed by atoms with van der Waals surface area (Å²) in [5, 5.41) is 9.13. The Labute approximate surface area is 135 Å². The molecule has 0 aromatic heterocycles. The van der Waals surface area contributed by atoms with Crippen LogP contribution in [0.15, 0.2) is 24.3 Å². The smallest absolute Gasteiger partial charge is 0.239 e. The van der Waals surface area contributed by atoms with Crippen molar-refractivity contribution in [2.24, 2.45) is 5.92 Å². The Kier molecular flexibility index (Phi) is 5.28. The molecule has 0 fully saturated rings. The summed E-state index contributed by atoms with van der Waals surface area (Å²) in [6, 6.07) is 9.23. The molecule has 3 heteroatoms. The molecule has 22 heavy (non-hydrogen) atoms. The standard InChI is InChI=1S/C19H31N2O/c1-15(2)18-13-21(14-20(18)11-8-12-22)17-10-7-6-9-16(17)19(3,4)5/h6-7,9-10,14-15,18,22H,8,11-13H2,1-5H3/q+1/t18-/m1/s1. The van der Waals surface area contributed by atoms with Gasteiger partial charge in [0, 0.05) is 18.6 Å². The minimum absolute atomic E-state index is 0.135. The van der Waals surface area contributed by atoms with Crippen molar-refractivity contribution in [1.82, 2.24) is 0 Å². The monoisotopic (exact) mass is 303 g/mol. The van der Waals surface area contributed by atoms with Gasteiger partial charge in [0.15, 0.2) is 0 Å². The average Bonchev–Trinajstić information content (AvgIpc) is 2.88. The van der Waals surface area contributed by atoms with Crippen molar-refractivity contribution < 1.29 is 9.68 Å². The lowest BCUT2D eigenvalue weighted by Crippen LogP contribution is -2.32. The molecular formula is C19H31N2O+. The van der Waals surface area contributed by atoms with Gasteiger partial charge in [-0.1, -0.05) is 52.8 Å². The minimum Gasteiger partial charge on any atom is -0.396 e. The van der Waals surface area contributed by atoms with Crippen LogP contribution in [0.4, 0.5) is 5.69 Å². The first kappa shape index (κ1) is 17.0. The zero-order valence-corrected chi connectivity index (χ0v) is 14.7. The molecule has 2 rings (SSSR count). The van der Waals surface area contributed by atoms with E-state index >= 15 is 0 Å². The molecule has 1 aliphatic heterocycles. The molecule has 1 N–H and O–H groups in total. The highest BCUT2D eigenvalue weighted by Gasteiger charge is 2.35. The number of rotatable bonds is 5. The molecule has 1 aromatic rings. The lowest BCUT2D eigenvalue weighted by molar-refractivity contribution is -0.559. The van der Waals surface area contributed by atoms with Crippen molar-refractivity contribution >= 4 is 12.0 Å². The Morgan fingerprint density at radius 2 is 1.95 bits per heavy atom. The number of anilines is 1. The summed E-state index contributed by atoms with van der Waals surface area (Å²) in [6.07, 6.45) is 3.08. The Balaban J connectivity index is 2.32. The summed E-state index contributed by atoms with van der Waals surface area (Å²) >= 11 is 0.